The van der Waals surface area contributed by atoms with Crippen LogP contribution in [0.3, 0.4) is 0 Å². The second-order valence-electron chi connectivity index (χ2n) is 5.65. The number of thiazole rings is 1. The normalized spacial score (nSPS) is 10.9. The third-order valence-electron chi connectivity index (χ3n) is 3.63. The lowest BCUT2D eigenvalue weighted by Crippen LogP contribution is -2.23. The third kappa shape index (κ3) is 3.77. The molecule has 24 heavy (non-hydrogen) atoms. The molecule has 5 nitrogen and oxygen atoms in total. The van der Waals surface area contributed by atoms with E-state index in [4.69, 9.17) is 0 Å². The van der Waals surface area contributed by atoms with Gasteiger partial charge in [0, 0.05) is 17.1 Å². The summed E-state index contributed by atoms with van der Waals surface area (Å²) in [5, 5.41) is 10.1. The lowest BCUT2D eigenvalue weighted by molar-refractivity contribution is 0.0987. The molecule has 0 bridgehead atoms. The molecule has 3 rings (SSSR count). The maximum atomic E-state index is 12.1. The van der Waals surface area contributed by atoms with Crippen molar-refractivity contribution in [3.63, 3.8) is 0 Å². The van der Waals surface area contributed by atoms with Crippen molar-refractivity contribution in [1.82, 2.24) is 20.1 Å². The van der Waals surface area contributed by atoms with E-state index in [2.05, 4.69) is 41.4 Å². The first-order chi connectivity index (χ1) is 11.7. The molecule has 0 saturated heterocycles. The van der Waals surface area contributed by atoms with Crippen LogP contribution in [0.1, 0.15) is 29.4 Å². The SMILES string of the molecule is CCCNCC(=O)c1csc(-c2cnn(-c3ccc(C)cc3)c2)n1. The maximum Gasteiger partial charge on any atom is 0.195 e. The van der Waals surface area contributed by atoms with Gasteiger partial charge in [0.2, 0.25) is 0 Å². The van der Waals surface area contributed by atoms with Crippen molar-refractivity contribution < 1.29 is 4.79 Å². The predicted molar refractivity (Wildman–Crippen MR) is 96.9 cm³/mol. The number of ketones is 1. The minimum atomic E-state index is 0.0249. The molecule has 0 amide bonds. The number of aromatic nitrogens is 3. The zero-order valence-electron chi connectivity index (χ0n) is 13.8. The van der Waals surface area contributed by atoms with E-state index in [1.165, 1.54) is 16.9 Å². The molecule has 2 aromatic heterocycles. The van der Waals surface area contributed by atoms with E-state index in [-0.39, 0.29) is 5.78 Å². The fourth-order valence-corrected chi connectivity index (χ4v) is 3.08. The molecule has 0 spiro atoms. The number of rotatable bonds is 7. The fourth-order valence-electron chi connectivity index (χ4n) is 2.28. The third-order valence-corrected chi connectivity index (χ3v) is 4.52. The van der Waals surface area contributed by atoms with Gasteiger partial charge in [0.05, 0.1) is 18.4 Å². The fraction of sp³-hybridized carbons (Fsp3) is 0.278. The molecule has 0 fully saturated rings. The summed E-state index contributed by atoms with van der Waals surface area (Å²) in [4.78, 5) is 16.5. The molecule has 0 radical (unpaired) electrons. The second kappa shape index (κ2) is 7.51. The van der Waals surface area contributed by atoms with Gasteiger partial charge < -0.3 is 5.32 Å². The molecule has 0 atom stereocenters. The first-order valence-corrected chi connectivity index (χ1v) is 8.87. The van der Waals surface area contributed by atoms with Crippen LogP contribution in [0, 0.1) is 6.92 Å². The van der Waals surface area contributed by atoms with Crippen molar-refractivity contribution in [2.45, 2.75) is 20.3 Å². The number of benzene rings is 1. The van der Waals surface area contributed by atoms with Crippen molar-refractivity contribution >= 4 is 17.1 Å². The largest absolute Gasteiger partial charge is 0.310 e. The first-order valence-electron chi connectivity index (χ1n) is 7.99. The smallest absolute Gasteiger partial charge is 0.195 e. The monoisotopic (exact) mass is 340 g/mol. The molecular formula is C18H20N4OS. The highest BCUT2D eigenvalue weighted by Crippen LogP contribution is 2.24. The summed E-state index contributed by atoms with van der Waals surface area (Å²) in [6, 6.07) is 8.17. The summed E-state index contributed by atoms with van der Waals surface area (Å²) in [6.07, 6.45) is 4.73. The Morgan fingerprint density at radius 3 is 2.83 bits per heavy atom. The van der Waals surface area contributed by atoms with E-state index in [1.54, 1.807) is 6.20 Å². The standard InChI is InChI=1S/C18H20N4OS/c1-3-8-19-10-17(23)16-12-24-18(21-16)14-9-20-22(11-14)15-6-4-13(2)5-7-15/h4-7,9,11-12,19H,3,8,10H2,1-2H3. The van der Waals surface area contributed by atoms with Crippen LogP contribution in [0.4, 0.5) is 0 Å². The summed E-state index contributed by atoms with van der Waals surface area (Å²) in [5.41, 5.74) is 3.65. The molecule has 0 aliphatic rings. The Hall–Kier alpha value is -2.31. The van der Waals surface area contributed by atoms with Gasteiger partial charge in [-0.25, -0.2) is 9.67 Å². The van der Waals surface area contributed by atoms with Crippen molar-refractivity contribution in [1.29, 1.82) is 0 Å². The highest BCUT2D eigenvalue weighted by molar-refractivity contribution is 7.13. The van der Waals surface area contributed by atoms with Gasteiger partial charge in [-0.05, 0) is 32.0 Å². The zero-order valence-corrected chi connectivity index (χ0v) is 14.6. The summed E-state index contributed by atoms with van der Waals surface area (Å²) < 4.78 is 1.82. The molecule has 124 valence electrons. The first kappa shape index (κ1) is 16.5. The van der Waals surface area contributed by atoms with E-state index >= 15 is 0 Å². The molecule has 2 heterocycles. The number of hydrogen-bond donors (Lipinski definition) is 1. The number of carbonyl (C=O) groups is 1. The lowest BCUT2D eigenvalue weighted by atomic mass is 10.2. The molecule has 0 aliphatic carbocycles. The van der Waals surface area contributed by atoms with E-state index in [9.17, 15) is 4.79 Å². The average molecular weight is 340 g/mol. The highest BCUT2D eigenvalue weighted by Gasteiger charge is 2.13. The highest BCUT2D eigenvalue weighted by atomic mass is 32.1. The van der Waals surface area contributed by atoms with Crippen LogP contribution in [-0.2, 0) is 0 Å². The summed E-state index contributed by atoms with van der Waals surface area (Å²) in [7, 11) is 0. The number of nitrogens with zero attached hydrogens (tertiary/aromatic N) is 3. The van der Waals surface area contributed by atoms with Gasteiger partial charge in [-0.3, -0.25) is 4.79 Å². The van der Waals surface area contributed by atoms with Gasteiger partial charge >= 0.3 is 0 Å². The quantitative estimate of drug-likeness (QED) is 0.528. The summed E-state index contributed by atoms with van der Waals surface area (Å²) >= 11 is 1.47. The van der Waals surface area contributed by atoms with Crippen LogP contribution in [0.15, 0.2) is 42.0 Å². The van der Waals surface area contributed by atoms with Crippen molar-refractivity contribution in [2.75, 3.05) is 13.1 Å². The molecule has 0 aliphatic heterocycles. The van der Waals surface area contributed by atoms with E-state index in [0.29, 0.717) is 12.2 Å². The lowest BCUT2D eigenvalue weighted by Gasteiger charge is -2.00. The minimum absolute atomic E-state index is 0.0249. The molecule has 1 aromatic carbocycles. The van der Waals surface area contributed by atoms with Crippen LogP contribution in [0.2, 0.25) is 0 Å². The molecule has 1 N–H and O–H groups in total. The Morgan fingerprint density at radius 1 is 1.29 bits per heavy atom. The average Bonchev–Trinajstić information content (AvgIpc) is 3.25. The van der Waals surface area contributed by atoms with Crippen molar-refractivity contribution in [3.8, 4) is 16.3 Å². The number of nitrogens with one attached hydrogen (secondary N) is 1. The number of Topliss-reactive ketones (excluding diaryl/α,β-unsaturated/α-hetero) is 1. The van der Waals surface area contributed by atoms with Crippen LogP contribution in [0.5, 0.6) is 0 Å². The van der Waals surface area contributed by atoms with Crippen molar-refractivity contribution in [2.24, 2.45) is 0 Å². The number of hydrogen-bond acceptors (Lipinski definition) is 5. The molecule has 6 heteroatoms. The van der Waals surface area contributed by atoms with Crippen LogP contribution in [0.25, 0.3) is 16.3 Å². The number of aryl methyl sites for hydroxylation is 1. The van der Waals surface area contributed by atoms with Crippen LogP contribution in [-0.4, -0.2) is 33.6 Å². The van der Waals surface area contributed by atoms with Gasteiger partial charge in [-0.1, -0.05) is 24.6 Å². The summed E-state index contributed by atoms with van der Waals surface area (Å²) in [5.74, 6) is 0.0249. The van der Waals surface area contributed by atoms with Crippen LogP contribution >= 0.6 is 11.3 Å². The minimum Gasteiger partial charge on any atom is -0.310 e. The number of carbonyl (C=O) groups excluding carboxylic acids is 1. The molecular weight excluding hydrogens is 320 g/mol. The molecule has 0 unspecified atom stereocenters. The molecule has 3 aromatic rings. The topological polar surface area (TPSA) is 59.8 Å². The van der Waals surface area contributed by atoms with E-state index in [1.807, 2.05) is 28.4 Å². The maximum absolute atomic E-state index is 12.1. The van der Waals surface area contributed by atoms with Gasteiger partial charge in [0.1, 0.15) is 10.7 Å². The molecule has 0 saturated carbocycles. The Kier molecular flexibility index (Phi) is 5.17. The van der Waals surface area contributed by atoms with E-state index in [0.717, 1.165) is 29.2 Å². The van der Waals surface area contributed by atoms with Crippen LogP contribution < -0.4 is 5.32 Å². The van der Waals surface area contributed by atoms with Gasteiger partial charge in [-0.2, -0.15) is 5.10 Å². The summed E-state index contributed by atoms with van der Waals surface area (Å²) in [6.45, 7) is 5.30. The van der Waals surface area contributed by atoms with Crippen molar-refractivity contribution in [3.05, 3.63) is 53.3 Å². The van der Waals surface area contributed by atoms with Gasteiger partial charge in [0.25, 0.3) is 0 Å². The predicted octanol–water partition coefficient (Wildman–Crippen LogP) is 3.49. The second-order valence-corrected chi connectivity index (χ2v) is 6.51. The Balaban J connectivity index is 1.74. The van der Waals surface area contributed by atoms with Gasteiger partial charge in [-0.15, -0.1) is 11.3 Å². The Morgan fingerprint density at radius 2 is 2.08 bits per heavy atom. The van der Waals surface area contributed by atoms with E-state index < -0.39 is 0 Å². The van der Waals surface area contributed by atoms with Gasteiger partial charge in [0.15, 0.2) is 5.78 Å². The zero-order chi connectivity index (χ0) is 16.9. The Bertz CT molecular complexity index is 820. The Labute approximate surface area is 145 Å².